The number of rotatable bonds is 11. The molecule has 310 valence electrons. The van der Waals surface area contributed by atoms with Gasteiger partial charge in [0.15, 0.2) is 0 Å². The highest BCUT2D eigenvalue weighted by Crippen LogP contribution is 2.42. The Balaban J connectivity index is 0.809. The maximum atomic E-state index is 14.0. The number of halogens is 1. The molecule has 1 aliphatic carbocycles. The zero-order valence-electron chi connectivity index (χ0n) is 33.6. The zero-order chi connectivity index (χ0) is 41.6. The number of anilines is 2. The van der Waals surface area contributed by atoms with Crippen molar-refractivity contribution >= 4 is 62.5 Å². The van der Waals surface area contributed by atoms with Gasteiger partial charge >= 0.3 is 0 Å². The lowest BCUT2D eigenvalue weighted by atomic mass is 9.81. The number of hydrogen-bond acceptors (Lipinski definition) is 11. The van der Waals surface area contributed by atoms with E-state index in [9.17, 15) is 33.5 Å². The third-order valence-electron chi connectivity index (χ3n) is 12.4. The average Bonchev–Trinajstić information content (AvgIpc) is 3.72. The van der Waals surface area contributed by atoms with E-state index in [1.54, 1.807) is 50.3 Å². The van der Waals surface area contributed by atoms with Crippen molar-refractivity contribution in [3.05, 3.63) is 81.4 Å². The van der Waals surface area contributed by atoms with Crippen molar-refractivity contribution < 1.29 is 33.5 Å². The van der Waals surface area contributed by atoms with E-state index in [2.05, 4.69) is 25.8 Å². The smallest absolute Gasteiger partial charge is 0.274 e. The van der Waals surface area contributed by atoms with Gasteiger partial charge in [0.05, 0.1) is 32.0 Å². The Hall–Kier alpha value is -5.12. The molecule has 2 aromatic carbocycles. The van der Waals surface area contributed by atoms with Crippen molar-refractivity contribution in [2.24, 2.45) is 11.8 Å². The standard InChI is InChI=1S/C44H50FN7O6S/c1-24-19-28(45)20-34(47-24)39(54)48-32-22-36-33(21-30(32)44(2,3)58)49-41(59-36)27-9-7-26(8-10-27)23-51-17-14-25(15-18-51)13-16-46-31-6-4-5-29-38(31)43(57)52(42(29)56)35-11-12-37(53)50-40(35)55/h4-6,19-22,25-27,35,46,58H,7-18,23H2,1-3H3,(H,48,54)(H,50,53,55)/t26-,27-,35?. The third-order valence-corrected chi connectivity index (χ3v) is 13.5. The first-order valence-corrected chi connectivity index (χ1v) is 21.5. The molecule has 1 atom stereocenters. The maximum Gasteiger partial charge on any atom is 0.274 e. The van der Waals surface area contributed by atoms with Gasteiger partial charge in [0.1, 0.15) is 17.6 Å². The maximum absolute atomic E-state index is 14.0. The number of nitrogens with one attached hydrogen (secondary N) is 3. The molecule has 4 N–H and O–H groups in total. The van der Waals surface area contributed by atoms with Crippen molar-refractivity contribution in [3.8, 4) is 0 Å². The van der Waals surface area contributed by atoms with Gasteiger partial charge in [-0.3, -0.25) is 34.2 Å². The monoisotopic (exact) mass is 823 g/mol. The van der Waals surface area contributed by atoms with Crippen LogP contribution in [0.15, 0.2) is 42.5 Å². The van der Waals surface area contributed by atoms with Crippen molar-refractivity contribution in [1.29, 1.82) is 0 Å². The number of amides is 5. The number of aromatic nitrogens is 2. The highest BCUT2D eigenvalue weighted by molar-refractivity contribution is 7.18. The number of piperidine rings is 2. The number of aryl methyl sites for hydroxylation is 1. The predicted octanol–water partition coefficient (Wildman–Crippen LogP) is 6.51. The molecule has 3 fully saturated rings. The van der Waals surface area contributed by atoms with Gasteiger partial charge in [-0.1, -0.05) is 6.07 Å². The summed E-state index contributed by atoms with van der Waals surface area (Å²) in [7, 11) is 0. The molecule has 4 aromatic rings. The summed E-state index contributed by atoms with van der Waals surface area (Å²) in [6, 6.07) is 10.2. The summed E-state index contributed by atoms with van der Waals surface area (Å²) in [6.45, 7) is 8.81. The summed E-state index contributed by atoms with van der Waals surface area (Å²) < 4.78 is 14.9. The number of benzene rings is 2. The van der Waals surface area contributed by atoms with Gasteiger partial charge in [0, 0.05) is 54.1 Å². The molecule has 1 saturated carbocycles. The van der Waals surface area contributed by atoms with E-state index < -0.39 is 47.0 Å². The molecular formula is C44H50FN7O6S. The summed E-state index contributed by atoms with van der Waals surface area (Å²) in [5.74, 6) is -1.57. The number of carbonyl (C=O) groups is 5. The van der Waals surface area contributed by atoms with Gasteiger partial charge in [-0.05, 0) is 127 Å². The Morgan fingerprint density at radius 1 is 0.949 bits per heavy atom. The fourth-order valence-electron chi connectivity index (χ4n) is 9.19. The molecule has 5 heterocycles. The van der Waals surface area contributed by atoms with Crippen LogP contribution in [0.1, 0.15) is 125 Å². The van der Waals surface area contributed by atoms with E-state index in [1.807, 2.05) is 12.1 Å². The topological polar surface area (TPSA) is 174 Å². The normalized spacial score (nSPS) is 21.8. The van der Waals surface area contributed by atoms with Crippen LogP contribution in [0.5, 0.6) is 0 Å². The lowest BCUT2D eigenvalue weighted by Crippen LogP contribution is -2.54. The van der Waals surface area contributed by atoms with Crippen molar-refractivity contribution in [3.63, 3.8) is 0 Å². The lowest BCUT2D eigenvalue weighted by Gasteiger charge is -2.36. The van der Waals surface area contributed by atoms with Crippen molar-refractivity contribution in [2.75, 3.05) is 36.8 Å². The second-order valence-electron chi connectivity index (χ2n) is 17.1. The molecule has 3 aliphatic heterocycles. The predicted molar refractivity (Wildman–Crippen MR) is 222 cm³/mol. The first-order chi connectivity index (χ1) is 28.2. The van der Waals surface area contributed by atoms with Crippen LogP contribution in [0.3, 0.4) is 0 Å². The highest BCUT2D eigenvalue weighted by atomic mass is 32.1. The number of fused-ring (bicyclic) bond motifs is 2. The van der Waals surface area contributed by atoms with Crippen LogP contribution >= 0.6 is 11.3 Å². The molecule has 13 nitrogen and oxygen atoms in total. The van der Waals surface area contributed by atoms with Crippen molar-refractivity contribution in [2.45, 2.75) is 96.1 Å². The minimum absolute atomic E-state index is 0.0294. The fraction of sp³-hybridized carbons (Fsp3) is 0.477. The van der Waals surface area contributed by atoms with Crippen molar-refractivity contribution in [1.82, 2.24) is 25.1 Å². The van der Waals surface area contributed by atoms with Gasteiger partial charge in [0.25, 0.3) is 17.7 Å². The SMILES string of the molecule is Cc1cc(F)cc(C(=O)Nc2cc3sc([C@H]4CC[C@H](CN5CCC(CCNc6cccc7c6C(=O)N(C6CCC(=O)NC6=O)C7=O)CC5)CC4)nc3cc2C(C)(C)O)n1. The van der Waals surface area contributed by atoms with Crippen LogP contribution in [0.25, 0.3) is 10.2 Å². The second kappa shape index (κ2) is 16.5. The number of imide groups is 2. The molecule has 2 aromatic heterocycles. The molecule has 59 heavy (non-hydrogen) atoms. The van der Waals surface area contributed by atoms with Crippen LogP contribution in [0.2, 0.25) is 0 Å². The van der Waals surface area contributed by atoms with Crippen LogP contribution in [-0.2, 0) is 15.2 Å². The van der Waals surface area contributed by atoms with Gasteiger partial charge in [-0.2, -0.15) is 0 Å². The number of carbonyl (C=O) groups excluding carboxylic acids is 5. The highest BCUT2D eigenvalue weighted by Gasteiger charge is 2.45. The first kappa shape index (κ1) is 40.7. The van der Waals surface area contributed by atoms with Gasteiger partial charge in [-0.25, -0.2) is 14.4 Å². The van der Waals surface area contributed by atoms with E-state index in [4.69, 9.17) is 4.98 Å². The number of likely N-dealkylation sites (tertiary alicyclic amines) is 1. The summed E-state index contributed by atoms with van der Waals surface area (Å²) in [6.07, 6.45) is 7.73. The Kier molecular flexibility index (Phi) is 11.4. The molecule has 4 aliphatic rings. The minimum atomic E-state index is -1.26. The average molecular weight is 824 g/mol. The Morgan fingerprint density at radius 2 is 1.71 bits per heavy atom. The van der Waals surface area contributed by atoms with E-state index in [0.717, 1.165) is 90.8 Å². The summed E-state index contributed by atoms with van der Waals surface area (Å²) in [5.41, 5.74) is 2.05. The second-order valence-corrected chi connectivity index (χ2v) is 18.2. The van der Waals surface area contributed by atoms with Crippen LogP contribution < -0.4 is 16.0 Å². The molecule has 15 heteroatoms. The molecule has 0 spiro atoms. The quantitative estimate of drug-likeness (QED) is 0.122. The number of hydrogen-bond donors (Lipinski definition) is 4. The Bertz CT molecular complexity index is 2310. The third kappa shape index (κ3) is 8.64. The van der Waals surface area contributed by atoms with E-state index in [-0.39, 0.29) is 24.1 Å². The Morgan fingerprint density at radius 3 is 2.42 bits per heavy atom. The number of nitrogens with zero attached hydrogens (tertiary/aromatic N) is 4. The van der Waals surface area contributed by atoms with Crippen LogP contribution in [0.4, 0.5) is 15.8 Å². The van der Waals surface area contributed by atoms with Gasteiger partial charge in [0.2, 0.25) is 11.8 Å². The number of aliphatic hydroxyl groups is 1. The summed E-state index contributed by atoms with van der Waals surface area (Å²) in [4.78, 5) is 76.7. The van der Waals surface area contributed by atoms with Crippen LogP contribution in [-0.4, -0.2) is 86.6 Å². The largest absolute Gasteiger partial charge is 0.386 e. The molecule has 1 unspecified atom stereocenters. The summed E-state index contributed by atoms with van der Waals surface area (Å²) in [5, 5.41) is 20.6. The molecule has 8 rings (SSSR count). The molecular weight excluding hydrogens is 774 g/mol. The number of thiazole rings is 1. The summed E-state index contributed by atoms with van der Waals surface area (Å²) >= 11 is 1.63. The van der Waals surface area contributed by atoms with E-state index in [1.165, 1.54) is 6.07 Å². The zero-order valence-corrected chi connectivity index (χ0v) is 34.4. The fourth-order valence-corrected chi connectivity index (χ4v) is 10.4. The van der Waals surface area contributed by atoms with E-state index in [0.29, 0.717) is 52.5 Å². The first-order valence-electron chi connectivity index (χ1n) is 20.7. The Labute approximate surface area is 346 Å². The molecule has 5 amide bonds. The molecule has 0 radical (unpaired) electrons. The minimum Gasteiger partial charge on any atom is -0.386 e. The van der Waals surface area contributed by atoms with Gasteiger partial charge < -0.3 is 20.6 Å². The lowest BCUT2D eigenvalue weighted by molar-refractivity contribution is -0.136. The molecule has 2 saturated heterocycles. The number of pyridine rings is 1. The van der Waals surface area contributed by atoms with E-state index >= 15 is 0 Å². The van der Waals surface area contributed by atoms with Gasteiger partial charge in [-0.15, -0.1) is 11.3 Å². The van der Waals surface area contributed by atoms with Crippen LogP contribution in [0, 0.1) is 24.6 Å². The molecule has 0 bridgehead atoms.